The molecule has 2 aromatic carbocycles. The molecule has 0 N–H and O–H groups in total. The fourth-order valence-corrected chi connectivity index (χ4v) is 10.00. The van der Waals surface area contributed by atoms with Gasteiger partial charge >= 0.3 is 0 Å². The van der Waals surface area contributed by atoms with Gasteiger partial charge in [-0.3, -0.25) is 9.59 Å². The molecule has 0 unspecified atom stereocenters. The standard InChI is InChI=1S/C41H46Cl2N4O4S2/c1-6-39(48)46-23-30(28-21-37(42)52-35(28)25-46)27-13-8-9-15-33(27)50-20-12-18-45(5)32-14-10-16-34(51-19-11-17-44(3)4)41(32)31-24-47(40(49)7-2)26-36-29(31)22-38(43)53-36/h6-10,13-16,21-22,30-31H,1-2,11-12,17-20,23-26H2,3-5H3/t30-,31-/m1/s1. The zero-order valence-electron chi connectivity index (χ0n) is 30.5. The summed E-state index contributed by atoms with van der Waals surface area (Å²) in [5, 5.41) is 0. The van der Waals surface area contributed by atoms with Gasteiger partial charge in [-0.1, -0.05) is 60.6 Å². The highest BCUT2D eigenvalue weighted by atomic mass is 35.5. The normalized spacial score (nSPS) is 16.6. The van der Waals surface area contributed by atoms with E-state index >= 15 is 0 Å². The SMILES string of the molecule is C=CC(=O)N1Cc2sc(Cl)cc2[C@@H](c2ccccc2OCCCN(C)c2cccc(OCCCN(C)C)c2[C@@H]2CN(C(=O)C=C)Cc3sc(Cl)cc32)C1. The van der Waals surface area contributed by atoms with E-state index in [0.717, 1.165) is 68.6 Å². The number of carbonyl (C=O) groups is 2. The molecule has 2 aliphatic rings. The van der Waals surface area contributed by atoms with Gasteiger partial charge in [0.25, 0.3) is 0 Å². The largest absolute Gasteiger partial charge is 0.493 e. The summed E-state index contributed by atoms with van der Waals surface area (Å²) in [6.07, 6.45) is 4.39. The summed E-state index contributed by atoms with van der Waals surface area (Å²) >= 11 is 16.1. The highest BCUT2D eigenvalue weighted by Crippen LogP contribution is 2.46. The van der Waals surface area contributed by atoms with Gasteiger partial charge in [-0.25, -0.2) is 0 Å². The fourth-order valence-electron chi connectivity index (χ4n) is 7.28. The van der Waals surface area contributed by atoms with Crippen LogP contribution in [0.3, 0.4) is 0 Å². The first-order chi connectivity index (χ1) is 25.6. The number of halogens is 2. The molecule has 4 heterocycles. The number of rotatable bonds is 15. The van der Waals surface area contributed by atoms with Gasteiger partial charge < -0.3 is 29.1 Å². The number of fused-ring (bicyclic) bond motifs is 2. The van der Waals surface area contributed by atoms with Crippen LogP contribution in [0.4, 0.5) is 5.69 Å². The lowest BCUT2D eigenvalue weighted by Crippen LogP contribution is -2.37. The third-order valence-electron chi connectivity index (χ3n) is 9.82. The van der Waals surface area contributed by atoms with Gasteiger partial charge in [0.05, 0.1) is 35.0 Å². The van der Waals surface area contributed by atoms with Crippen molar-refractivity contribution in [2.75, 3.05) is 65.4 Å². The number of amides is 2. The number of nitrogens with zero attached hydrogens (tertiary/aromatic N) is 4. The Balaban J connectivity index is 1.22. The van der Waals surface area contributed by atoms with E-state index in [1.807, 2.05) is 52.3 Å². The molecule has 12 heteroatoms. The highest BCUT2D eigenvalue weighted by Gasteiger charge is 2.35. The summed E-state index contributed by atoms with van der Waals surface area (Å²) < 4.78 is 14.4. The molecule has 0 bridgehead atoms. The minimum absolute atomic E-state index is 0.0631. The molecule has 0 saturated carbocycles. The predicted molar refractivity (Wildman–Crippen MR) is 219 cm³/mol. The molecule has 0 saturated heterocycles. The summed E-state index contributed by atoms with van der Waals surface area (Å²) in [5.41, 5.74) is 5.40. The lowest BCUT2D eigenvalue weighted by atomic mass is 9.86. The van der Waals surface area contributed by atoms with Crippen LogP contribution in [0, 0.1) is 0 Å². The number of thiophene rings is 2. The zero-order valence-corrected chi connectivity index (χ0v) is 33.6. The Bertz CT molecular complexity index is 1960. The Morgan fingerprint density at radius 3 is 1.94 bits per heavy atom. The van der Waals surface area contributed by atoms with Crippen LogP contribution in [0.5, 0.6) is 11.5 Å². The van der Waals surface area contributed by atoms with Crippen LogP contribution in [-0.4, -0.2) is 87.0 Å². The van der Waals surface area contributed by atoms with E-state index in [4.69, 9.17) is 32.7 Å². The van der Waals surface area contributed by atoms with Crippen LogP contribution in [0.1, 0.15) is 56.7 Å². The summed E-state index contributed by atoms with van der Waals surface area (Å²) in [7, 11) is 6.21. The zero-order chi connectivity index (χ0) is 37.6. The van der Waals surface area contributed by atoms with E-state index in [1.165, 1.54) is 34.8 Å². The number of para-hydroxylation sites is 1. The average molecular weight is 794 g/mol. The molecule has 6 rings (SSSR count). The molecule has 2 aromatic heterocycles. The minimum atomic E-state index is -0.129. The smallest absolute Gasteiger partial charge is 0.246 e. The number of ether oxygens (including phenoxy) is 2. The van der Waals surface area contributed by atoms with Crippen LogP contribution in [0.2, 0.25) is 8.67 Å². The van der Waals surface area contributed by atoms with Crippen LogP contribution in [-0.2, 0) is 22.7 Å². The number of carbonyl (C=O) groups excluding carboxylic acids is 2. The van der Waals surface area contributed by atoms with Crippen molar-refractivity contribution in [2.24, 2.45) is 0 Å². The van der Waals surface area contributed by atoms with Gasteiger partial charge in [-0.05, 0) is 80.5 Å². The van der Waals surface area contributed by atoms with E-state index in [0.29, 0.717) is 54.6 Å². The minimum Gasteiger partial charge on any atom is -0.493 e. The van der Waals surface area contributed by atoms with Gasteiger partial charge in [0.15, 0.2) is 0 Å². The third kappa shape index (κ3) is 8.95. The van der Waals surface area contributed by atoms with Crippen molar-refractivity contribution in [1.82, 2.24) is 14.7 Å². The summed E-state index contributed by atoms with van der Waals surface area (Å²) in [6.45, 7) is 12.2. The Morgan fingerprint density at radius 1 is 0.774 bits per heavy atom. The van der Waals surface area contributed by atoms with Crippen LogP contribution in [0.15, 0.2) is 79.9 Å². The molecule has 2 amide bonds. The number of benzene rings is 2. The molecule has 4 aromatic rings. The second kappa shape index (κ2) is 17.6. The van der Waals surface area contributed by atoms with Crippen molar-refractivity contribution >= 4 is 63.4 Å². The van der Waals surface area contributed by atoms with Crippen LogP contribution < -0.4 is 14.4 Å². The molecule has 0 fully saturated rings. The van der Waals surface area contributed by atoms with Gasteiger partial charge in [-0.2, -0.15) is 0 Å². The molecule has 0 aliphatic carbocycles. The van der Waals surface area contributed by atoms with Gasteiger partial charge in [0, 0.05) is 71.6 Å². The second-order valence-electron chi connectivity index (χ2n) is 13.7. The Kier molecular flexibility index (Phi) is 12.9. The highest BCUT2D eigenvalue weighted by molar-refractivity contribution is 7.16. The molecule has 8 nitrogen and oxygen atoms in total. The number of hydrogen-bond acceptors (Lipinski definition) is 8. The van der Waals surface area contributed by atoms with Crippen molar-refractivity contribution in [3.05, 3.63) is 121 Å². The third-order valence-corrected chi connectivity index (χ3v) is 12.4. The first kappa shape index (κ1) is 38.9. The van der Waals surface area contributed by atoms with E-state index < -0.39 is 0 Å². The first-order valence-electron chi connectivity index (χ1n) is 17.8. The molecule has 53 heavy (non-hydrogen) atoms. The van der Waals surface area contributed by atoms with E-state index in [1.54, 1.807) is 0 Å². The Hall–Kier alpha value is -3.80. The fraction of sp³-hybridized carbons (Fsp3) is 0.366. The van der Waals surface area contributed by atoms with Crippen LogP contribution in [0.25, 0.3) is 0 Å². The Morgan fingerprint density at radius 2 is 1.32 bits per heavy atom. The number of anilines is 1. The second-order valence-corrected chi connectivity index (χ2v) is 17.2. The molecular weight excluding hydrogens is 748 g/mol. The first-order valence-corrected chi connectivity index (χ1v) is 20.2. The molecule has 2 aliphatic heterocycles. The van der Waals surface area contributed by atoms with Crippen molar-refractivity contribution in [3.8, 4) is 11.5 Å². The molecule has 0 spiro atoms. The number of hydrogen-bond donors (Lipinski definition) is 0. The average Bonchev–Trinajstić information content (AvgIpc) is 3.74. The van der Waals surface area contributed by atoms with Crippen molar-refractivity contribution in [3.63, 3.8) is 0 Å². The maximum atomic E-state index is 13.0. The van der Waals surface area contributed by atoms with Gasteiger partial charge in [0.2, 0.25) is 11.8 Å². The molecule has 0 radical (unpaired) electrons. The van der Waals surface area contributed by atoms with E-state index in [2.05, 4.69) is 56.2 Å². The van der Waals surface area contributed by atoms with Crippen molar-refractivity contribution < 1.29 is 19.1 Å². The maximum absolute atomic E-state index is 13.0. The quantitative estimate of drug-likeness (QED) is 0.0888. The molecular formula is C41H46Cl2N4O4S2. The van der Waals surface area contributed by atoms with Gasteiger partial charge in [-0.15, -0.1) is 22.7 Å². The summed E-state index contributed by atoms with van der Waals surface area (Å²) in [4.78, 5) is 35.9. The lowest BCUT2D eigenvalue weighted by molar-refractivity contribution is -0.127. The summed E-state index contributed by atoms with van der Waals surface area (Å²) in [5.74, 6) is 1.22. The monoisotopic (exact) mass is 792 g/mol. The topological polar surface area (TPSA) is 65.6 Å². The molecule has 280 valence electrons. The van der Waals surface area contributed by atoms with Crippen molar-refractivity contribution in [2.45, 2.75) is 37.8 Å². The Labute approximate surface area is 330 Å². The van der Waals surface area contributed by atoms with E-state index in [9.17, 15) is 9.59 Å². The van der Waals surface area contributed by atoms with Crippen molar-refractivity contribution in [1.29, 1.82) is 0 Å². The van der Waals surface area contributed by atoms with Crippen LogP contribution >= 0.6 is 45.9 Å². The summed E-state index contributed by atoms with van der Waals surface area (Å²) in [6, 6.07) is 18.3. The van der Waals surface area contributed by atoms with E-state index in [-0.39, 0.29) is 23.7 Å². The maximum Gasteiger partial charge on any atom is 0.246 e. The molecule has 2 atom stereocenters. The predicted octanol–water partition coefficient (Wildman–Crippen LogP) is 8.67. The van der Waals surface area contributed by atoms with Gasteiger partial charge in [0.1, 0.15) is 11.5 Å². The lowest BCUT2D eigenvalue weighted by Gasteiger charge is -2.35.